The van der Waals surface area contributed by atoms with E-state index in [2.05, 4.69) is 108 Å². The van der Waals surface area contributed by atoms with Crippen LogP contribution in [-0.2, 0) is 4.79 Å². The van der Waals surface area contributed by atoms with Crippen LogP contribution < -0.4 is 0 Å². The Hall–Kier alpha value is -4.17. The summed E-state index contributed by atoms with van der Waals surface area (Å²) in [6.07, 6.45) is 30.7. The van der Waals surface area contributed by atoms with E-state index in [1.54, 1.807) is 13.0 Å². The molecule has 2 heteroatoms. The van der Waals surface area contributed by atoms with Gasteiger partial charge in [-0.2, -0.15) is 0 Å². The van der Waals surface area contributed by atoms with Gasteiger partial charge in [0.15, 0.2) is 5.76 Å². The standard InChI is InChI=1S/C40H48O2/c1-28(17-13-19-30(3)21-24-36-25-23-32(5)33(6)34(36)7)15-11-12-16-29(2)18-14-20-31(4)22-26-37-35(8)39(42)38(41)27-40(37,9)10/h11-27,41H,1-10H3/b12-11+,17-13+,18-14?,24-21+,26-22?,28-15+,29-16?,30-19+,31-20?. The molecule has 2 rings (SSSR count). The summed E-state index contributed by atoms with van der Waals surface area (Å²) in [6, 6.07) is 4.37. The van der Waals surface area contributed by atoms with Crippen LogP contribution in [0, 0.1) is 26.2 Å². The van der Waals surface area contributed by atoms with Crippen molar-refractivity contribution in [3.05, 3.63) is 159 Å². The second-order valence-corrected chi connectivity index (χ2v) is 11.8. The van der Waals surface area contributed by atoms with Crippen molar-refractivity contribution in [3.63, 3.8) is 0 Å². The zero-order valence-corrected chi connectivity index (χ0v) is 27.2. The molecule has 0 fully saturated rings. The Morgan fingerprint density at radius 1 is 0.667 bits per heavy atom. The molecule has 2 nitrogen and oxygen atoms in total. The van der Waals surface area contributed by atoms with Crippen molar-refractivity contribution in [3.8, 4) is 0 Å². The largest absolute Gasteiger partial charge is 0.504 e. The number of Topliss-reactive ketones (excluding diaryl/α,β-unsaturated/α-hetero) is 1. The lowest BCUT2D eigenvalue weighted by Crippen LogP contribution is -2.23. The molecule has 1 aromatic rings. The molecule has 0 aromatic heterocycles. The van der Waals surface area contributed by atoms with Crippen LogP contribution in [0.1, 0.15) is 70.7 Å². The van der Waals surface area contributed by atoms with Gasteiger partial charge in [0.1, 0.15) is 0 Å². The molecule has 1 N–H and O–H groups in total. The number of rotatable bonds is 10. The van der Waals surface area contributed by atoms with Gasteiger partial charge in [-0.05, 0) is 89.3 Å². The predicted octanol–water partition coefficient (Wildman–Crippen LogP) is 11.0. The molecule has 0 unspecified atom stereocenters. The third-order valence-electron chi connectivity index (χ3n) is 7.57. The summed E-state index contributed by atoms with van der Waals surface area (Å²) in [5.41, 5.74) is 11.0. The number of hydrogen-bond donors (Lipinski definition) is 1. The Kier molecular flexibility index (Phi) is 12.7. The fourth-order valence-electron chi connectivity index (χ4n) is 4.56. The lowest BCUT2D eigenvalue weighted by molar-refractivity contribution is -0.114. The monoisotopic (exact) mass is 560 g/mol. The van der Waals surface area contributed by atoms with Gasteiger partial charge >= 0.3 is 0 Å². The first kappa shape index (κ1) is 34.0. The highest BCUT2D eigenvalue weighted by Crippen LogP contribution is 2.37. The second kappa shape index (κ2) is 15.7. The number of allylic oxidation sites excluding steroid dienone is 20. The third-order valence-corrected chi connectivity index (χ3v) is 7.57. The first-order valence-electron chi connectivity index (χ1n) is 14.6. The van der Waals surface area contributed by atoms with Crippen LogP contribution in [0.15, 0.2) is 136 Å². The molecule has 0 spiro atoms. The Balaban J connectivity index is 1.92. The summed E-state index contributed by atoms with van der Waals surface area (Å²) in [6.45, 7) is 20.6. The molecular formula is C40H48O2. The van der Waals surface area contributed by atoms with Gasteiger partial charge in [0.25, 0.3) is 0 Å². The molecule has 42 heavy (non-hydrogen) atoms. The average Bonchev–Trinajstić information content (AvgIpc) is 2.92. The Labute approximate surface area is 254 Å². The molecule has 1 aliphatic carbocycles. The van der Waals surface area contributed by atoms with E-state index in [0.717, 1.165) is 16.7 Å². The van der Waals surface area contributed by atoms with Gasteiger partial charge in [0, 0.05) is 11.0 Å². The molecular weight excluding hydrogens is 512 g/mol. The second-order valence-electron chi connectivity index (χ2n) is 11.8. The van der Waals surface area contributed by atoms with Crippen molar-refractivity contribution in [2.75, 3.05) is 0 Å². The molecule has 1 aromatic carbocycles. The maximum atomic E-state index is 12.2. The number of carbonyl (C=O) groups is 1. The van der Waals surface area contributed by atoms with Gasteiger partial charge in [-0.25, -0.2) is 0 Å². The van der Waals surface area contributed by atoms with Crippen molar-refractivity contribution in [1.82, 2.24) is 0 Å². The number of aryl methyl sites for hydroxylation is 1. The van der Waals surface area contributed by atoms with E-state index in [-0.39, 0.29) is 11.5 Å². The number of aliphatic hydroxyl groups is 1. The van der Waals surface area contributed by atoms with E-state index in [0.29, 0.717) is 5.57 Å². The minimum Gasteiger partial charge on any atom is -0.504 e. The Morgan fingerprint density at radius 3 is 1.69 bits per heavy atom. The van der Waals surface area contributed by atoms with Gasteiger partial charge < -0.3 is 5.11 Å². The van der Waals surface area contributed by atoms with Gasteiger partial charge in [0.05, 0.1) is 0 Å². The number of ketones is 1. The predicted molar refractivity (Wildman–Crippen MR) is 183 cm³/mol. The molecule has 0 radical (unpaired) electrons. The molecule has 0 atom stereocenters. The molecule has 0 bridgehead atoms. The highest BCUT2D eigenvalue weighted by Gasteiger charge is 2.30. The maximum absolute atomic E-state index is 12.2. The van der Waals surface area contributed by atoms with Crippen LogP contribution in [-0.4, -0.2) is 10.9 Å². The van der Waals surface area contributed by atoms with Crippen molar-refractivity contribution in [1.29, 1.82) is 0 Å². The van der Waals surface area contributed by atoms with Crippen molar-refractivity contribution in [2.24, 2.45) is 5.41 Å². The third kappa shape index (κ3) is 10.3. The summed E-state index contributed by atoms with van der Waals surface area (Å²) in [7, 11) is 0. The minimum atomic E-state index is -0.392. The number of aliphatic hydroxyl groups excluding tert-OH is 1. The molecule has 0 aliphatic heterocycles. The quantitative estimate of drug-likeness (QED) is 0.289. The van der Waals surface area contributed by atoms with E-state index in [1.165, 1.54) is 33.4 Å². The molecule has 0 saturated heterocycles. The van der Waals surface area contributed by atoms with Crippen molar-refractivity contribution < 1.29 is 9.90 Å². The lowest BCUT2D eigenvalue weighted by atomic mass is 9.76. The van der Waals surface area contributed by atoms with Crippen molar-refractivity contribution >= 4 is 11.9 Å². The van der Waals surface area contributed by atoms with Crippen LogP contribution in [0.25, 0.3) is 6.08 Å². The number of carbonyl (C=O) groups excluding carboxylic acids is 1. The van der Waals surface area contributed by atoms with Gasteiger partial charge in [0.2, 0.25) is 5.78 Å². The topological polar surface area (TPSA) is 37.3 Å². The van der Waals surface area contributed by atoms with E-state index < -0.39 is 5.41 Å². The summed E-state index contributed by atoms with van der Waals surface area (Å²) < 4.78 is 0. The van der Waals surface area contributed by atoms with Crippen LogP contribution in [0.2, 0.25) is 0 Å². The molecule has 0 saturated carbocycles. The van der Waals surface area contributed by atoms with Crippen molar-refractivity contribution in [2.45, 2.75) is 69.2 Å². The number of benzene rings is 1. The SMILES string of the molecule is CC(C=CC1=C(C)C(=O)C(O)=CC1(C)C)=CC=CC(C)=C/C=C/C=C(C)/C=C/C=C(C)/C=C/c1ccc(C)c(C)c1C. The summed E-state index contributed by atoms with van der Waals surface area (Å²) in [5.74, 6) is -0.470. The first-order valence-corrected chi connectivity index (χ1v) is 14.6. The highest BCUT2D eigenvalue weighted by atomic mass is 16.3. The Bertz CT molecular complexity index is 1510. The number of hydrogen-bond acceptors (Lipinski definition) is 2. The van der Waals surface area contributed by atoms with Crippen LogP contribution in [0.3, 0.4) is 0 Å². The van der Waals surface area contributed by atoms with Gasteiger partial charge in [-0.15, -0.1) is 0 Å². The zero-order valence-electron chi connectivity index (χ0n) is 27.2. The van der Waals surface area contributed by atoms with Crippen LogP contribution in [0.4, 0.5) is 0 Å². The summed E-state index contributed by atoms with van der Waals surface area (Å²) in [4.78, 5) is 12.2. The van der Waals surface area contributed by atoms with Crippen LogP contribution >= 0.6 is 0 Å². The molecule has 0 amide bonds. The fraction of sp³-hybridized carbons (Fsp3) is 0.275. The average molecular weight is 561 g/mol. The van der Waals surface area contributed by atoms with Crippen LogP contribution in [0.5, 0.6) is 0 Å². The van der Waals surface area contributed by atoms with E-state index in [9.17, 15) is 9.90 Å². The first-order chi connectivity index (χ1) is 19.7. The fourth-order valence-corrected chi connectivity index (χ4v) is 4.56. The summed E-state index contributed by atoms with van der Waals surface area (Å²) in [5, 5.41) is 9.88. The summed E-state index contributed by atoms with van der Waals surface area (Å²) >= 11 is 0. The Morgan fingerprint density at radius 2 is 1.14 bits per heavy atom. The minimum absolute atomic E-state index is 0.168. The van der Waals surface area contributed by atoms with Gasteiger partial charge in [-0.1, -0.05) is 133 Å². The zero-order chi connectivity index (χ0) is 31.4. The van der Waals surface area contributed by atoms with E-state index in [1.807, 2.05) is 51.2 Å². The van der Waals surface area contributed by atoms with Gasteiger partial charge in [-0.3, -0.25) is 4.79 Å². The molecule has 220 valence electrons. The highest BCUT2D eigenvalue weighted by molar-refractivity contribution is 6.08. The molecule has 1 aliphatic rings. The lowest BCUT2D eigenvalue weighted by Gasteiger charge is -2.28. The maximum Gasteiger partial charge on any atom is 0.222 e. The normalized spacial score (nSPS) is 17.8. The van der Waals surface area contributed by atoms with E-state index >= 15 is 0 Å². The molecule has 0 heterocycles. The smallest absolute Gasteiger partial charge is 0.222 e. The van der Waals surface area contributed by atoms with E-state index in [4.69, 9.17) is 0 Å².